The summed E-state index contributed by atoms with van der Waals surface area (Å²) < 4.78 is 11.7. The molecule has 0 spiro atoms. The number of hydrogen-bond donors (Lipinski definition) is 2. The minimum absolute atomic E-state index is 0.0439. The van der Waals surface area contributed by atoms with Crippen LogP contribution < -0.4 is 15.4 Å². The fourth-order valence-electron chi connectivity index (χ4n) is 1.76. The Bertz CT molecular complexity index is 422. The van der Waals surface area contributed by atoms with Crippen LogP contribution in [0.25, 0.3) is 0 Å². The first-order chi connectivity index (χ1) is 9.25. The van der Waals surface area contributed by atoms with E-state index in [-0.39, 0.29) is 11.9 Å². The molecule has 0 bridgehead atoms. The number of benzene rings is 1. The Morgan fingerprint density at radius 2 is 2.47 bits per heavy atom. The summed E-state index contributed by atoms with van der Waals surface area (Å²) in [5.41, 5.74) is 0. The first-order valence-corrected chi connectivity index (χ1v) is 7.02. The average molecular weight is 329 g/mol. The van der Waals surface area contributed by atoms with Crippen molar-refractivity contribution < 1.29 is 14.3 Å². The molecule has 0 radical (unpaired) electrons. The van der Waals surface area contributed by atoms with Crippen LogP contribution in [0.15, 0.2) is 28.7 Å². The predicted molar refractivity (Wildman–Crippen MR) is 75.3 cm³/mol. The molecule has 1 aliphatic heterocycles. The fourth-order valence-corrected chi connectivity index (χ4v) is 2.14. The minimum atomic E-state index is -0.250. The van der Waals surface area contributed by atoms with Crippen molar-refractivity contribution in [1.82, 2.24) is 10.6 Å². The number of ether oxygens (including phenoxy) is 2. The number of nitrogens with one attached hydrogen (secondary N) is 2. The van der Waals surface area contributed by atoms with Gasteiger partial charge in [0.15, 0.2) is 0 Å². The van der Waals surface area contributed by atoms with Gasteiger partial charge in [0.25, 0.3) is 0 Å². The van der Waals surface area contributed by atoms with Gasteiger partial charge in [-0.05, 0) is 18.2 Å². The quantitative estimate of drug-likeness (QED) is 0.789. The second kappa shape index (κ2) is 7.47. The van der Waals surface area contributed by atoms with Crippen LogP contribution in [-0.2, 0) is 9.53 Å². The standard InChI is InChI=1S/C13H17BrN2O3/c14-10-2-1-3-11(8-10)19-7-5-16-13(17)12-9-18-6-4-15-12/h1-3,8,12,15H,4-7,9H2,(H,16,17). The maximum absolute atomic E-state index is 11.7. The van der Waals surface area contributed by atoms with E-state index in [1.165, 1.54) is 0 Å². The zero-order valence-electron chi connectivity index (χ0n) is 10.5. The molecule has 6 heteroatoms. The molecule has 2 N–H and O–H groups in total. The summed E-state index contributed by atoms with van der Waals surface area (Å²) in [5.74, 6) is 0.736. The van der Waals surface area contributed by atoms with Crippen molar-refractivity contribution in [2.45, 2.75) is 6.04 Å². The van der Waals surface area contributed by atoms with Crippen molar-refractivity contribution in [2.24, 2.45) is 0 Å². The molecule has 1 amide bonds. The van der Waals surface area contributed by atoms with Crippen molar-refractivity contribution in [3.63, 3.8) is 0 Å². The van der Waals surface area contributed by atoms with E-state index in [0.29, 0.717) is 32.9 Å². The van der Waals surface area contributed by atoms with Gasteiger partial charge in [0, 0.05) is 11.0 Å². The second-order valence-electron chi connectivity index (χ2n) is 4.18. The first kappa shape index (κ1) is 14.3. The number of rotatable bonds is 5. The summed E-state index contributed by atoms with van der Waals surface area (Å²) in [6.07, 6.45) is 0. The van der Waals surface area contributed by atoms with Gasteiger partial charge in [0.05, 0.1) is 19.8 Å². The lowest BCUT2D eigenvalue weighted by Crippen LogP contribution is -2.51. The molecule has 5 nitrogen and oxygen atoms in total. The molecule has 1 unspecified atom stereocenters. The van der Waals surface area contributed by atoms with E-state index in [1.807, 2.05) is 24.3 Å². The summed E-state index contributed by atoms with van der Waals surface area (Å²) in [5, 5.41) is 5.92. The first-order valence-electron chi connectivity index (χ1n) is 6.23. The van der Waals surface area contributed by atoms with Crippen LogP contribution in [0.5, 0.6) is 5.75 Å². The van der Waals surface area contributed by atoms with Gasteiger partial charge in [-0.25, -0.2) is 0 Å². The van der Waals surface area contributed by atoms with Crippen LogP contribution in [0.1, 0.15) is 0 Å². The summed E-state index contributed by atoms with van der Waals surface area (Å²) in [7, 11) is 0. The van der Waals surface area contributed by atoms with Gasteiger partial charge in [-0.15, -0.1) is 0 Å². The Balaban J connectivity index is 1.65. The SMILES string of the molecule is O=C(NCCOc1cccc(Br)c1)C1COCCN1. The fraction of sp³-hybridized carbons (Fsp3) is 0.462. The molecular formula is C13H17BrN2O3. The maximum Gasteiger partial charge on any atom is 0.239 e. The molecular weight excluding hydrogens is 312 g/mol. The number of halogens is 1. The molecule has 0 aromatic heterocycles. The highest BCUT2D eigenvalue weighted by Crippen LogP contribution is 2.17. The van der Waals surface area contributed by atoms with Crippen LogP contribution in [0.3, 0.4) is 0 Å². The maximum atomic E-state index is 11.7. The van der Waals surface area contributed by atoms with Gasteiger partial charge in [0.1, 0.15) is 18.4 Å². The molecule has 1 heterocycles. The summed E-state index contributed by atoms with van der Waals surface area (Å²) in [6, 6.07) is 7.35. The van der Waals surface area contributed by atoms with E-state index in [2.05, 4.69) is 26.6 Å². The van der Waals surface area contributed by atoms with Gasteiger partial charge in [0.2, 0.25) is 5.91 Å². The second-order valence-corrected chi connectivity index (χ2v) is 5.09. The largest absolute Gasteiger partial charge is 0.492 e. The van der Waals surface area contributed by atoms with Crippen LogP contribution in [0.4, 0.5) is 0 Å². The molecule has 19 heavy (non-hydrogen) atoms. The van der Waals surface area contributed by atoms with Gasteiger partial charge in [-0.1, -0.05) is 22.0 Å². The Morgan fingerprint density at radius 1 is 1.58 bits per heavy atom. The number of carbonyl (C=O) groups excluding carboxylic acids is 1. The lowest BCUT2D eigenvalue weighted by molar-refractivity contribution is -0.126. The molecule has 2 rings (SSSR count). The third-order valence-electron chi connectivity index (χ3n) is 2.70. The highest BCUT2D eigenvalue weighted by Gasteiger charge is 2.20. The monoisotopic (exact) mass is 328 g/mol. The molecule has 1 aliphatic rings. The minimum Gasteiger partial charge on any atom is -0.492 e. The third kappa shape index (κ3) is 4.81. The van der Waals surface area contributed by atoms with Gasteiger partial charge >= 0.3 is 0 Å². The third-order valence-corrected chi connectivity index (χ3v) is 3.20. The van der Waals surface area contributed by atoms with E-state index in [9.17, 15) is 4.79 Å². The Morgan fingerprint density at radius 3 is 3.21 bits per heavy atom. The van der Waals surface area contributed by atoms with Gasteiger partial charge in [-0.2, -0.15) is 0 Å². The number of carbonyl (C=O) groups is 1. The zero-order chi connectivity index (χ0) is 13.5. The van der Waals surface area contributed by atoms with Crippen LogP contribution >= 0.6 is 15.9 Å². The van der Waals surface area contributed by atoms with E-state index in [1.54, 1.807) is 0 Å². The highest BCUT2D eigenvalue weighted by molar-refractivity contribution is 9.10. The number of morpholine rings is 1. The van der Waals surface area contributed by atoms with E-state index >= 15 is 0 Å². The Labute approximate surface area is 120 Å². The lowest BCUT2D eigenvalue weighted by Gasteiger charge is -2.22. The van der Waals surface area contributed by atoms with E-state index in [4.69, 9.17) is 9.47 Å². The van der Waals surface area contributed by atoms with Gasteiger partial charge < -0.3 is 20.1 Å². The molecule has 0 saturated carbocycles. The summed E-state index contributed by atoms with van der Waals surface area (Å²) in [4.78, 5) is 11.7. The summed E-state index contributed by atoms with van der Waals surface area (Å²) >= 11 is 3.37. The van der Waals surface area contributed by atoms with Crippen LogP contribution in [0, 0.1) is 0 Å². The van der Waals surface area contributed by atoms with Crippen LogP contribution in [0.2, 0.25) is 0 Å². The molecule has 1 atom stereocenters. The molecule has 1 aromatic rings. The highest BCUT2D eigenvalue weighted by atomic mass is 79.9. The van der Waals surface area contributed by atoms with Crippen molar-refractivity contribution in [3.8, 4) is 5.75 Å². The molecule has 1 fully saturated rings. The van der Waals surface area contributed by atoms with Crippen LogP contribution in [-0.4, -0.2) is 44.9 Å². The van der Waals surface area contributed by atoms with Crippen molar-refractivity contribution in [1.29, 1.82) is 0 Å². The lowest BCUT2D eigenvalue weighted by atomic mass is 10.2. The van der Waals surface area contributed by atoms with E-state index in [0.717, 1.165) is 10.2 Å². The Hall–Kier alpha value is -1.11. The molecule has 1 aromatic carbocycles. The topological polar surface area (TPSA) is 59.6 Å². The van der Waals surface area contributed by atoms with Gasteiger partial charge in [-0.3, -0.25) is 4.79 Å². The average Bonchev–Trinajstić information content (AvgIpc) is 2.44. The number of hydrogen-bond acceptors (Lipinski definition) is 4. The normalized spacial score (nSPS) is 18.9. The van der Waals surface area contributed by atoms with Crippen molar-refractivity contribution in [2.75, 3.05) is 32.9 Å². The van der Waals surface area contributed by atoms with Crippen molar-refractivity contribution in [3.05, 3.63) is 28.7 Å². The zero-order valence-corrected chi connectivity index (χ0v) is 12.1. The summed E-state index contributed by atoms with van der Waals surface area (Å²) in [6.45, 7) is 2.72. The molecule has 1 saturated heterocycles. The predicted octanol–water partition coefficient (Wildman–Crippen LogP) is 0.932. The smallest absolute Gasteiger partial charge is 0.239 e. The van der Waals surface area contributed by atoms with E-state index < -0.39 is 0 Å². The van der Waals surface area contributed by atoms with Crippen molar-refractivity contribution >= 4 is 21.8 Å². The molecule has 0 aliphatic carbocycles. The number of amides is 1. The Kier molecular flexibility index (Phi) is 5.62. The molecule has 104 valence electrons.